The van der Waals surface area contributed by atoms with Crippen LogP contribution in [-0.4, -0.2) is 23.6 Å². The lowest BCUT2D eigenvalue weighted by molar-refractivity contribution is -0.126. The average molecular weight is 318 g/mol. The van der Waals surface area contributed by atoms with Gasteiger partial charge in [0.15, 0.2) is 0 Å². The van der Waals surface area contributed by atoms with Crippen LogP contribution in [0, 0.1) is 5.92 Å². The van der Waals surface area contributed by atoms with Gasteiger partial charge in [0, 0.05) is 0 Å². The van der Waals surface area contributed by atoms with Crippen LogP contribution in [0.1, 0.15) is 5.56 Å². The molecule has 2 amide bonds. The molecule has 0 unspecified atom stereocenters. The first kappa shape index (κ1) is 14.4. The highest BCUT2D eigenvalue weighted by atomic mass is 16.6. The molecule has 2 aromatic carbocycles. The summed E-state index contributed by atoms with van der Waals surface area (Å²) in [5.74, 6) is -1.36. The summed E-state index contributed by atoms with van der Waals surface area (Å²) in [6.45, 7) is 0. The van der Waals surface area contributed by atoms with E-state index in [0.29, 0.717) is 11.4 Å². The van der Waals surface area contributed by atoms with Gasteiger partial charge in [0.25, 0.3) is 5.91 Å². The molecule has 2 aliphatic heterocycles. The zero-order chi connectivity index (χ0) is 16.5. The van der Waals surface area contributed by atoms with Crippen LogP contribution in [0.5, 0.6) is 0 Å². The summed E-state index contributed by atoms with van der Waals surface area (Å²) in [5, 5.41) is 3.93. The Morgan fingerprint density at radius 2 is 1.54 bits per heavy atom. The van der Waals surface area contributed by atoms with Crippen LogP contribution in [0.3, 0.4) is 0 Å². The largest absolute Gasteiger partial charge is 0.381 e. The minimum absolute atomic E-state index is 0.301. The molecule has 0 spiro atoms. The number of imide groups is 1. The molecule has 5 nitrogen and oxygen atoms in total. The number of carbonyl (C=O) groups excluding carboxylic acids is 2. The number of para-hydroxylation sites is 1. The van der Waals surface area contributed by atoms with E-state index in [0.717, 1.165) is 5.56 Å². The van der Waals surface area contributed by atoms with E-state index in [4.69, 9.17) is 4.84 Å². The van der Waals surface area contributed by atoms with E-state index in [1.807, 2.05) is 42.5 Å². The van der Waals surface area contributed by atoms with E-state index in [1.165, 1.54) is 4.90 Å². The molecule has 118 valence electrons. The lowest BCUT2D eigenvalue weighted by atomic mass is 9.99. The molecule has 0 radical (unpaired) electrons. The summed E-state index contributed by atoms with van der Waals surface area (Å²) >= 11 is 0. The number of nitrogens with zero attached hydrogens (tertiary/aromatic N) is 2. The van der Waals surface area contributed by atoms with Crippen molar-refractivity contribution in [2.45, 2.75) is 6.10 Å². The molecule has 0 bridgehead atoms. The van der Waals surface area contributed by atoms with Crippen LogP contribution >= 0.6 is 0 Å². The first-order chi connectivity index (χ1) is 11.8. The van der Waals surface area contributed by atoms with Gasteiger partial charge >= 0.3 is 0 Å². The van der Waals surface area contributed by atoms with Gasteiger partial charge < -0.3 is 4.84 Å². The summed E-state index contributed by atoms with van der Waals surface area (Å²) in [6.07, 6.45) is 2.72. The third-order valence-corrected chi connectivity index (χ3v) is 4.10. The molecule has 2 aromatic rings. The minimum Gasteiger partial charge on any atom is -0.381 e. The molecule has 2 atom stereocenters. The van der Waals surface area contributed by atoms with Crippen molar-refractivity contribution in [3.8, 4) is 0 Å². The van der Waals surface area contributed by atoms with Crippen molar-refractivity contribution in [2.24, 2.45) is 11.1 Å². The van der Waals surface area contributed by atoms with Crippen LogP contribution < -0.4 is 4.90 Å². The molecular formula is C19H14N2O3. The molecule has 2 aliphatic rings. The van der Waals surface area contributed by atoms with Crippen LogP contribution in [0.4, 0.5) is 5.69 Å². The number of benzene rings is 2. The number of hydrogen-bond donors (Lipinski definition) is 0. The zero-order valence-electron chi connectivity index (χ0n) is 12.7. The lowest BCUT2D eigenvalue weighted by Gasteiger charge is -2.14. The van der Waals surface area contributed by atoms with Gasteiger partial charge in [0.1, 0.15) is 5.92 Å². The number of anilines is 1. The van der Waals surface area contributed by atoms with E-state index >= 15 is 0 Å². The number of hydrogen-bond acceptors (Lipinski definition) is 4. The fourth-order valence-electron chi connectivity index (χ4n) is 2.92. The molecule has 5 heteroatoms. The second-order valence-corrected chi connectivity index (χ2v) is 5.61. The zero-order valence-corrected chi connectivity index (χ0v) is 12.7. The minimum atomic E-state index is -0.867. The van der Waals surface area contributed by atoms with E-state index in [2.05, 4.69) is 5.16 Å². The summed E-state index contributed by atoms with van der Waals surface area (Å²) in [6, 6.07) is 18.5. The van der Waals surface area contributed by atoms with Crippen molar-refractivity contribution in [3.63, 3.8) is 0 Å². The van der Waals surface area contributed by atoms with Crippen LogP contribution in [0.15, 0.2) is 71.9 Å². The van der Waals surface area contributed by atoms with Gasteiger partial charge in [-0.1, -0.05) is 59.8 Å². The van der Waals surface area contributed by atoms with Crippen LogP contribution in [0.2, 0.25) is 0 Å². The molecular weight excluding hydrogens is 304 g/mol. The molecule has 4 rings (SSSR count). The molecule has 1 fully saturated rings. The molecule has 2 heterocycles. The second kappa shape index (κ2) is 5.77. The van der Waals surface area contributed by atoms with Crippen LogP contribution in [-0.2, 0) is 14.4 Å². The van der Waals surface area contributed by atoms with Crippen molar-refractivity contribution in [1.29, 1.82) is 0 Å². The Morgan fingerprint density at radius 3 is 2.25 bits per heavy atom. The standard InChI is InChI=1S/C19H14N2O3/c22-18-16-15(12-11-13-7-3-1-4-8-13)20-24-17(16)19(23)21(18)14-9-5-2-6-10-14/h1-12,16-17H/b12-11+/t16-,17+/m1/s1. The highest BCUT2D eigenvalue weighted by molar-refractivity contribution is 6.31. The van der Waals surface area contributed by atoms with Crippen molar-refractivity contribution in [1.82, 2.24) is 0 Å². The molecule has 0 aromatic heterocycles. The Kier molecular flexibility index (Phi) is 3.46. The molecule has 0 aliphatic carbocycles. The Hall–Kier alpha value is -3.21. The number of carbonyl (C=O) groups is 2. The van der Waals surface area contributed by atoms with Crippen molar-refractivity contribution < 1.29 is 14.4 Å². The Labute approximate surface area is 138 Å². The SMILES string of the molecule is O=C1[C@@H]2C(/C=C/c3ccccc3)=NO[C@@H]2C(=O)N1c1ccccc1. The van der Waals surface area contributed by atoms with Gasteiger partial charge in [-0.2, -0.15) is 0 Å². The van der Waals surface area contributed by atoms with Gasteiger partial charge in [-0.25, -0.2) is 4.90 Å². The average Bonchev–Trinajstić information content (AvgIpc) is 3.15. The smallest absolute Gasteiger partial charge is 0.278 e. The normalized spacial score (nSPS) is 22.7. The summed E-state index contributed by atoms with van der Waals surface area (Å²) in [4.78, 5) is 31.6. The molecule has 0 saturated carbocycles. The summed E-state index contributed by atoms with van der Waals surface area (Å²) in [7, 11) is 0. The highest BCUT2D eigenvalue weighted by Crippen LogP contribution is 2.33. The first-order valence-corrected chi connectivity index (χ1v) is 7.65. The topological polar surface area (TPSA) is 59.0 Å². The van der Waals surface area contributed by atoms with Gasteiger partial charge in [-0.3, -0.25) is 9.59 Å². The summed E-state index contributed by atoms with van der Waals surface area (Å²) in [5.41, 5.74) is 2.01. The Bertz CT molecular complexity index is 843. The number of amides is 2. The van der Waals surface area contributed by atoms with Crippen molar-refractivity contribution >= 4 is 29.3 Å². The quantitative estimate of drug-likeness (QED) is 0.818. The number of rotatable bonds is 3. The Balaban J connectivity index is 1.61. The van der Waals surface area contributed by atoms with Crippen molar-refractivity contribution in [2.75, 3.05) is 4.90 Å². The molecule has 24 heavy (non-hydrogen) atoms. The fourth-order valence-corrected chi connectivity index (χ4v) is 2.92. The maximum atomic E-state index is 12.7. The monoisotopic (exact) mass is 318 g/mol. The fraction of sp³-hybridized carbons (Fsp3) is 0.105. The number of fused-ring (bicyclic) bond motifs is 1. The maximum Gasteiger partial charge on any atom is 0.278 e. The predicted molar refractivity (Wildman–Crippen MR) is 90.2 cm³/mol. The van der Waals surface area contributed by atoms with E-state index in [1.54, 1.807) is 30.3 Å². The summed E-state index contributed by atoms with van der Waals surface area (Å²) < 4.78 is 0. The highest BCUT2D eigenvalue weighted by Gasteiger charge is 2.55. The van der Waals surface area contributed by atoms with Crippen LogP contribution in [0.25, 0.3) is 6.08 Å². The second-order valence-electron chi connectivity index (χ2n) is 5.61. The van der Waals surface area contributed by atoms with Gasteiger partial charge in [0.05, 0.1) is 11.4 Å². The molecule has 0 N–H and O–H groups in total. The van der Waals surface area contributed by atoms with E-state index in [9.17, 15) is 9.59 Å². The van der Waals surface area contributed by atoms with Gasteiger partial charge in [-0.05, 0) is 23.8 Å². The van der Waals surface area contributed by atoms with Crippen molar-refractivity contribution in [3.05, 3.63) is 72.3 Å². The third kappa shape index (κ3) is 2.31. The number of allylic oxidation sites excluding steroid dienone is 1. The first-order valence-electron chi connectivity index (χ1n) is 7.65. The predicted octanol–water partition coefficient (Wildman–Crippen LogP) is 2.64. The third-order valence-electron chi connectivity index (χ3n) is 4.10. The molecule has 1 saturated heterocycles. The van der Waals surface area contributed by atoms with Gasteiger partial charge in [-0.15, -0.1) is 0 Å². The lowest BCUT2D eigenvalue weighted by Crippen LogP contribution is -2.32. The van der Waals surface area contributed by atoms with E-state index in [-0.39, 0.29) is 11.8 Å². The van der Waals surface area contributed by atoms with E-state index < -0.39 is 12.0 Å². The number of oxime groups is 1. The van der Waals surface area contributed by atoms with Gasteiger partial charge in [0.2, 0.25) is 12.0 Å². The Morgan fingerprint density at radius 1 is 0.875 bits per heavy atom. The maximum absolute atomic E-state index is 12.7.